The molecule has 6 rings (SSSR count). The van der Waals surface area contributed by atoms with Crippen LogP contribution in [-0.2, 0) is 17.5 Å². The predicted octanol–water partition coefficient (Wildman–Crippen LogP) is 1.22. The summed E-state index contributed by atoms with van der Waals surface area (Å²) >= 11 is -2.39. The first-order valence-corrected chi connectivity index (χ1v) is 25.1. The van der Waals surface area contributed by atoms with Crippen LogP contribution in [0, 0.1) is 0 Å². The fourth-order valence-electron chi connectivity index (χ4n) is 6.83. The molecule has 0 amide bonds. The minimum atomic E-state index is -2.39. The van der Waals surface area contributed by atoms with E-state index in [-0.39, 0.29) is 35.7 Å². The van der Waals surface area contributed by atoms with Crippen molar-refractivity contribution < 1.29 is 42.3 Å². The molecule has 0 spiro atoms. The van der Waals surface area contributed by atoms with E-state index in [1.807, 2.05) is 8.85 Å². The maximum absolute atomic E-state index is 2.66. The van der Waals surface area contributed by atoms with Gasteiger partial charge in [-0.15, -0.1) is 0 Å². The molecule has 2 aliphatic carbocycles. The van der Waals surface area contributed by atoms with Gasteiger partial charge in [-0.25, -0.2) is 0 Å². The second-order valence-corrected chi connectivity index (χ2v) is 43.1. The Morgan fingerprint density at radius 2 is 1.61 bits per heavy atom. The third-order valence-corrected chi connectivity index (χ3v) is 65.4. The molecule has 1 unspecified atom stereocenters. The van der Waals surface area contributed by atoms with Crippen LogP contribution in [0.4, 0.5) is 0 Å². The standard InChI is InChI=1S/C17H15.C5H5.C4H8Si2.2ClH.Zr/c1-2-13-11-15-9-6-10-16(17(15)12-13)14-7-4-3-5-8-14;1-2-4-5-3-1;1-2-6-4-3-5-1;;;/h3-12H,2H2,1H3;1-3H,4H2;1-4H2;2*1H;/q;;;;;+2/p-2. The summed E-state index contributed by atoms with van der Waals surface area (Å²) in [4.78, 5) is 0. The quantitative estimate of drug-likeness (QED) is 0.496. The number of halogens is 2. The van der Waals surface area contributed by atoms with Gasteiger partial charge in [0.25, 0.3) is 0 Å². The zero-order valence-corrected chi connectivity index (χ0v) is 24.0. The van der Waals surface area contributed by atoms with Gasteiger partial charge in [-0.1, -0.05) is 0 Å². The normalized spacial score (nSPS) is 20.0. The third-order valence-electron chi connectivity index (χ3n) is 7.93. The van der Waals surface area contributed by atoms with E-state index in [1.54, 1.807) is 35.3 Å². The van der Waals surface area contributed by atoms with Gasteiger partial charge in [0.05, 0.1) is 0 Å². The molecule has 0 saturated carbocycles. The Morgan fingerprint density at radius 3 is 2.23 bits per heavy atom. The third kappa shape index (κ3) is 3.46. The molecule has 0 radical (unpaired) electrons. The molecule has 1 atom stereocenters. The van der Waals surface area contributed by atoms with E-state index in [9.17, 15) is 0 Å². The summed E-state index contributed by atoms with van der Waals surface area (Å²) in [5.74, 6) is 0. The molecule has 0 N–H and O–H groups in total. The average molecular weight is 559 g/mol. The number of fused-ring (bicyclic) bond motifs is 1. The fraction of sp³-hybridized carbons (Fsp3) is 0.308. The molecular weight excluding hydrogens is 531 g/mol. The van der Waals surface area contributed by atoms with Crippen molar-refractivity contribution in [3.05, 3.63) is 86.7 Å². The summed E-state index contributed by atoms with van der Waals surface area (Å²) in [6, 6.07) is 25.1. The first kappa shape index (κ1) is 23.7. The Labute approximate surface area is 203 Å². The van der Waals surface area contributed by atoms with Crippen LogP contribution in [0.25, 0.3) is 17.2 Å². The molecule has 31 heavy (non-hydrogen) atoms. The molecule has 0 aromatic heterocycles. The second-order valence-electron chi connectivity index (χ2n) is 9.02. The molecule has 2 aromatic rings. The van der Waals surface area contributed by atoms with E-state index >= 15 is 0 Å². The van der Waals surface area contributed by atoms with Crippen molar-refractivity contribution in [2.75, 3.05) is 0 Å². The zero-order chi connectivity index (χ0) is 19.4. The first-order valence-electron chi connectivity index (χ1n) is 11.3. The number of hydrogen-bond acceptors (Lipinski definition) is 0. The van der Waals surface area contributed by atoms with Crippen LogP contribution in [0.15, 0.2) is 75.6 Å². The van der Waals surface area contributed by atoms with E-state index in [0.29, 0.717) is 0 Å². The van der Waals surface area contributed by atoms with Gasteiger partial charge < -0.3 is 24.8 Å². The fourth-order valence-corrected chi connectivity index (χ4v) is 85.7. The number of hydrogen-bond donors (Lipinski definition) is 0. The van der Waals surface area contributed by atoms with Crippen LogP contribution in [0.1, 0.15) is 34.5 Å². The van der Waals surface area contributed by atoms with Crippen molar-refractivity contribution in [1.82, 2.24) is 0 Å². The molecule has 0 nitrogen and oxygen atoms in total. The molecular formula is C26H28Cl2Si2Zr. The molecule has 0 saturated heterocycles. The summed E-state index contributed by atoms with van der Waals surface area (Å²) in [7, 11) is 0. The molecule has 5 heteroatoms. The monoisotopic (exact) mass is 556 g/mol. The minimum Gasteiger partial charge on any atom is -1.00 e. The molecule has 4 aliphatic rings. The molecule has 0 fully saturated rings. The molecule has 2 aromatic carbocycles. The van der Waals surface area contributed by atoms with E-state index < -0.39 is 17.5 Å². The van der Waals surface area contributed by atoms with Gasteiger partial charge >= 0.3 is 180 Å². The van der Waals surface area contributed by atoms with Crippen molar-refractivity contribution in [2.45, 2.75) is 47.6 Å². The van der Waals surface area contributed by atoms with Gasteiger partial charge in [-0.3, -0.25) is 0 Å². The Kier molecular flexibility index (Phi) is 7.21. The zero-order valence-electron chi connectivity index (χ0n) is 18.0. The molecule has 2 bridgehead atoms. The number of benzene rings is 2. The smallest absolute Gasteiger partial charge is 1.00 e. The van der Waals surface area contributed by atoms with Gasteiger partial charge in [0, 0.05) is 0 Å². The SMILES string of the molecule is CCC1=Cc2c(-c3ccccc3)cccc2[CH]1[Zr+2]1([C]2=CC=CC2)=[Si]2CC[Si]=1CC2.[Cl-].[Cl-]. The van der Waals surface area contributed by atoms with Gasteiger partial charge in [-0.05, 0) is 0 Å². The average Bonchev–Trinajstić information content (AvgIpc) is 3.55. The molecule has 158 valence electrons. The van der Waals surface area contributed by atoms with Crippen LogP contribution >= 0.6 is 0 Å². The van der Waals surface area contributed by atoms with Crippen molar-refractivity contribution in [3.8, 4) is 11.1 Å². The number of rotatable bonds is 4. The topological polar surface area (TPSA) is 0 Å². The predicted molar refractivity (Wildman–Crippen MR) is 125 cm³/mol. The van der Waals surface area contributed by atoms with Gasteiger partial charge in [0.2, 0.25) is 0 Å². The van der Waals surface area contributed by atoms with Crippen molar-refractivity contribution in [2.24, 2.45) is 0 Å². The van der Waals surface area contributed by atoms with Gasteiger partial charge in [0.1, 0.15) is 0 Å². The molecule has 2 aliphatic heterocycles. The summed E-state index contributed by atoms with van der Waals surface area (Å²) in [5.41, 5.74) is 7.82. The Morgan fingerprint density at radius 1 is 0.903 bits per heavy atom. The van der Waals surface area contributed by atoms with Crippen molar-refractivity contribution in [3.63, 3.8) is 0 Å². The van der Waals surface area contributed by atoms with Crippen LogP contribution in [0.3, 0.4) is 0 Å². The van der Waals surface area contributed by atoms with Crippen LogP contribution < -0.4 is 24.8 Å². The summed E-state index contributed by atoms with van der Waals surface area (Å²) < 4.78 is 2.92. The molecule has 2 heterocycles. The number of allylic oxidation sites excluding steroid dienone is 5. The van der Waals surface area contributed by atoms with E-state index in [4.69, 9.17) is 0 Å². The van der Waals surface area contributed by atoms with E-state index in [0.717, 1.165) is 3.63 Å². The van der Waals surface area contributed by atoms with E-state index in [2.05, 4.69) is 79.8 Å². The van der Waals surface area contributed by atoms with Gasteiger partial charge in [-0.2, -0.15) is 0 Å². The Balaban J connectivity index is 0.00000116. The maximum Gasteiger partial charge on any atom is -1.00 e. The van der Waals surface area contributed by atoms with Crippen LogP contribution in [-0.4, -0.2) is 10.9 Å². The summed E-state index contributed by atoms with van der Waals surface area (Å²) in [6.45, 7) is 2.43. The Hall–Kier alpha value is -0.443. The van der Waals surface area contributed by atoms with Crippen molar-refractivity contribution in [1.29, 1.82) is 0 Å². The largest absolute Gasteiger partial charge is 1.00 e. The summed E-state index contributed by atoms with van der Waals surface area (Å²) in [6.07, 6.45) is 12.7. The second kappa shape index (κ2) is 9.43. The van der Waals surface area contributed by atoms with Crippen LogP contribution in [0.5, 0.6) is 0 Å². The Bertz CT molecular complexity index is 1210. The summed E-state index contributed by atoms with van der Waals surface area (Å²) in [5, 5.41) is 0. The minimum absolute atomic E-state index is 0. The first-order chi connectivity index (χ1) is 14.3. The van der Waals surface area contributed by atoms with Crippen molar-refractivity contribution >= 4 is 16.9 Å². The maximum atomic E-state index is 2.66. The van der Waals surface area contributed by atoms with E-state index in [1.165, 1.54) is 24.0 Å². The van der Waals surface area contributed by atoms with Crippen LogP contribution in [0.2, 0.25) is 24.2 Å². The van der Waals surface area contributed by atoms with Gasteiger partial charge in [0.15, 0.2) is 0 Å².